The van der Waals surface area contributed by atoms with Crippen LogP contribution < -0.4 is 0 Å². The van der Waals surface area contributed by atoms with Gasteiger partial charge in [0, 0.05) is 23.7 Å². The summed E-state index contributed by atoms with van der Waals surface area (Å²) in [6.45, 7) is 0. The number of benzene rings is 1. The van der Waals surface area contributed by atoms with Gasteiger partial charge in [-0.1, -0.05) is 35.6 Å². The van der Waals surface area contributed by atoms with E-state index >= 15 is 0 Å². The third-order valence-electron chi connectivity index (χ3n) is 3.02. The van der Waals surface area contributed by atoms with Crippen molar-refractivity contribution >= 4 is 51.9 Å². The number of carbonyl (C=O) groups is 1. The molecule has 1 aliphatic heterocycles. The predicted octanol–water partition coefficient (Wildman–Crippen LogP) is 4.43. The van der Waals surface area contributed by atoms with E-state index in [9.17, 15) is 4.79 Å². The molecule has 3 rings (SSSR count). The highest BCUT2D eigenvalue weighted by molar-refractivity contribution is 8.26. The Labute approximate surface area is 136 Å². The zero-order valence-corrected chi connectivity index (χ0v) is 13.4. The number of amides is 1. The van der Waals surface area contributed by atoms with Crippen LogP contribution in [0.3, 0.4) is 0 Å². The predicted molar refractivity (Wildman–Crippen MR) is 90.1 cm³/mol. The average molecular weight is 336 g/mol. The Morgan fingerprint density at radius 1 is 1.24 bits per heavy atom. The molecule has 2 heterocycles. The van der Waals surface area contributed by atoms with Gasteiger partial charge in [0.25, 0.3) is 5.91 Å². The number of hydrogen-bond acceptors (Lipinski definition) is 4. The Morgan fingerprint density at radius 2 is 1.95 bits per heavy atom. The van der Waals surface area contributed by atoms with Crippen LogP contribution in [0.25, 0.3) is 17.4 Å². The number of hydrogen-bond donors (Lipinski definition) is 0. The highest BCUT2D eigenvalue weighted by Crippen LogP contribution is 2.32. The van der Waals surface area contributed by atoms with Crippen molar-refractivity contribution in [1.82, 2.24) is 4.90 Å². The summed E-state index contributed by atoms with van der Waals surface area (Å²) in [4.78, 5) is 13.9. The molecule has 3 nitrogen and oxygen atoms in total. The number of halogens is 1. The molecule has 106 valence electrons. The third-order valence-corrected chi connectivity index (χ3v) is 4.75. The molecule has 1 saturated heterocycles. The zero-order chi connectivity index (χ0) is 15.0. The number of carbonyl (C=O) groups excluding carboxylic acids is 1. The molecule has 0 atom stereocenters. The number of rotatable bonds is 2. The first-order valence-corrected chi connectivity index (χ1v) is 7.72. The van der Waals surface area contributed by atoms with Crippen molar-refractivity contribution in [3.05, 3.63) is 52.1 Å². The van der Waals surface area contributed by atoms with E-state index in [0.29, 0.717) is 20.0 Å². The number of thioether (sulfide) groups is 1. The molecule has 1 fully saturated rings. The number of nitrogens with zero attached hydrogens (tertiary/aromatic N) is 1. The summed E-state index contributed by atoms with van der Waals surface area (Å²) in [5, 5.41) is 0.678. The van der Waals surface area contributed by atoms with E-state index in [4.69, 9.17) is 28.2 Å². The minimum absolute atomic E-state index is 0.102. The van der Waals surface area contributed by atoms with Crippen LogP contribution in [0.5, 0.6) is 0 Å². The van der Waals surface area contributed by atoms with Gasteiger partial charge in [0.1, 0.15) is 15.8 Å². The van der Waals surface area contributed by atoms with Crippen LogP contribution in [0.1, 0.15) is 5.76 Å². The average Bonchev–Trinajstić information content (AvgIpc) is 3.02. The lowest BCUT2D eigenvalue weighted by molar-refractivity contribution is -0.121. The molecule has 0 N–H and O–H groups in total. The van der Waals surface area contributed by atoms with Gasteiger partial charge in [-0.2, -0.15) is 0 Å². The van der Waals surface area contributed by atoms with Crippen molar-refractivity contribution in [2.75, 3.05) is 7.05 Å². The van der Waals surface area contributed by atoms with Crippen LogP contribution >= 0.6 is 35.6 Å². The summed E-state index contributed by atoms with van der Waals surface area (Å²) in [6.07, 6.45) is 1.71. The molecular weight excluding hydrogens is 326 g/mol. The molecule has 1 aromatic heterocycles. The molecule has 0 bridgehead atoms. The lowest BCUT2D eigenvalue weighted by Gasteiger charge is -2.03. The summed E-state index contributed by atoms with van der Waals surface area (Å²) in [7, 11) is 1.67. The molecule has 0 unspecified atom stereocenters. The van der Waals surface area contributed by atoms with Gasteiger partial charge >= 0.3 is 0 Å². The van der Waals surface area contributed by atoms with Gasteiger partial charge < -0.3 is 4.42 Å². The van der Waals surface area contributed by atoms with E-state index in [-0.39, 0.29) is 5.91 Å². The fourth-order valence-corrected chi connectivity index (χ4v) is 3.16. The molecular formula is C15H10ClNO2S2. The first kappa shape index (κ1) is 14.4. The van der Waals surface area contributed by atoms with Crippen LogP contribution in [0.15, 0.2) is 45.7 Å². The van der Waals surface area contributed by atoms with Gasteiger partial charge in [-0.3, -0.25) is 9.69 Å². The normalized spacial score (nSPS) is 17.0. The first-order valence-electron chi connectivity index (χ1n) is 6.12. The van der Waals surface area contributed by atoms with Crippen molar-refractivity contribution in [3.63, 3.8) is 0 Å². The SMILES string of the molecule is CN1C(=O)/C(=C\c2ccc(-c3ccc(Cl)cc3)o2)SC1=S. The van der Waals surface area contributed by atoms with E-state index in [1.807, 2.05) is 24.3 Å². The van der Waals surface area contributed by atoms with Crippen molar-refractivity contribution in [3.8, 4) is 11.3 Å². The molecule has 0 saturated carbocycles. The minimum atomic E-state index is -0.102. The molecule has 1 amide bonds. The van der Waals surface area contributed by atoms with Crippen LogP contribution in [0.4, 0.5) is 0 Å². The minimum Gasteiger partial charge on any atom is -0.457 e. The molecule has 2 aromatic rings. The van der Waals surface area contributed by atoms with Crippen LogP contribution in [0, 0.1) is 0 Å². The monoisotopic (exact) mass is 335 g/mol. The first-order chi connectivity index (χ1) is 10.0. The van der Waals surface area contributed by atoms with Crippen LogP contribution in [-0.4, -0.2) is 22.2 Å². The quantitative estimate of drug-likeness (QED) is 0.600. The molecule has 1 aromatic carbocycles. The largest absolute Gasteiger partial charge is 0.457 e. The van der Waals surface area contributed by atoms with Gasteiger partial charge in [-0.15, -0.1) is 0 Å². The summed E-state index contributed by atoms with van der Waals surface area (Å²) >= 11 is 12.2. The number of likely N-dealkylation sites (N-methyl/N-ethyl adjacent to an activating group) is 1. The smallest absolute Gasteiger partial charge is 0.266 e. The number of furan rings is 1. The standard InChI is InChI=1S/C15H10ClNO2S2/c1-17-14(18)13(21-15(17)20)8-11-6-7-12(19-11)9-2-4-10(16)5-3-9/h2-8H,1H3/b13-8+. The topological polar surface area (TPSA) is 33.5 Å². The maximum atomic E-state index is 11.9. The van der Waals surface area contributed by atoms with Crippen LogP contribution in [-0.2, 0) is 4.79 Å². The van der Waals surface area contributed by atoms with Gasteiger partial charge in [0.15, 0.2) is 0 Å². The summed E-state index contributed by atoms with van der Waals surface area (Å²) < 4.78 is 6.30. The molecule has 0 spiro atoms. The number of thiocarbonyl (C=S) groups is 1. The fraction of sp³-hybridized carbons (Fsp3) is 0.0667. The van der Waals surface area contributed by atoms with E-state index < -0.39 is 0 Å². The Kier molecular flexibility index (Phi) is 3.89. The van der Waals surface area contributed by atoms with E-state index in [2.05, 4.69) is 0 Å². The van der Waals surface area contributed by atoms with Gasteiger partial charge in [-0.25, -0.2) is 0 Å². The lowest BCUT2D eigenvalue weighted by Crippen LogP contribution is -2.22. The maximum absolute atomic E-state index is 11.9. The molecule has 6 heteroatoms. The summed E-state index contributed by atoms with van der Waals surface area (Å²) in [5.74, 6) is 1.24. The maximum Gasteiger partial charge on any atom is 0.266 e. The highest BCUT2D eigenvalue weighted by Gasteiger charge is 2.28. The van der Waals surface area contributed by atoms with Crippen molar-refractivity contribution < 1.29 is 9.21 Å². The van der Waals surface area contributed by atoms with E-state index in [1.54, 1.807) is 25.3 Å². The molecule has 0 radical (unpaired) electrons. The second kappa shape index (κ2) is 5.67. The third kappa shape index (κ3) is 2.90. The summed E-state index contributed by atoms with van der Waals surface area (Å²) in [6, 6.07) is 11.1. The Bertz CT molecular complexity index is 749. The highest BCUT2D eigenvalue weighted by atomic mass is 35.5. The summed E-state index contributed by atoms with van der Waals surface area (Å²) in [5.41, 5.74) is 0.932. The molecule has 0 aliphatic carbocycles. The Morgan fingerprint density at radius 3 is 2.57 bits per heavy atom. The molecule has 21 heavy (non-hydrogen) atoms. The van der Waals surface area contributed by atoms with Crippen LogP contribution in [0.2, 0.25) is 5.02 Å². The Balaban J connectivity index is 1.87. The van der Waals surface area contributed by atoms with Gasteiger partial charge in [0.05, 0.1) is 4.91 Å². The zero-order valence-electron chi connectivity index (χ0n) is 11.0. The van der Waals surface area contributed by atoms with E-state index in [0.717, 1.165) is 11.3 Å². The lowest BCUT2D eigenvalue weighted by atomic mass is 10.2. The van der Waals surface area contributed by atoms with Crippen molar-refractivity contribution in [2.45, 2.75) is 0 Å². The van der Waals surface area contributed by atoms with Crippen molar-refractivity contribution in [2.24, 2.45) is 0 Å². The van der Waals surface area contributed by atoms with Gasteiger partial charge in [-0.05, 0) is 36.4 Å². The molecule has 1 aliphatic rings. The van der Waals surface area contributed by atoms with Crippen molar-refractivity contribution in [1.29, 1.82) is 0 Å². The Hall–Kier alpha value is -1.56. The second-order valence-electron chi connectivity index (χ2n) is 4.45. The van der Waals surface area contributed by atoms with E-state index in [1.165, 1.54) is 16.7 Å². The second-order valence-corrected chi connectivity index (χ2v) is 6.56. The fourth-order valence-electron chi connectivity index (χ4n) is 1.87. The van der Waals surface area contributed by atoms with Gasteiger partial charge in [0.2, 0.25) is 0 Å².